The van der Waals surface area contributed by atoms with Crippen molar-refractivity contribution in [1.82, 2.24) is 0 Å². The predicted octanol–water partition coefficient (Wildman–Crippen LogP) is 2.54. The molecule has 2 rings (SSSR count). The molecule has 3 heteroatoms. The topological polar surface area (TPSA) is 26.0 Å². The van der Waals surface area contributed by atoms with Crippen molar-refractivity contribution < 1.29 is 4.39 Å². The maximum absolute atomic E-state index is 13.0. The molecule has 0 radical (unpaired) electrons. The molecule has 1 nitrogen and oxygen atoms in total. The maximum Gasteiger partial charge on any atom is 0.137 e. The van der Waals surface area contributed by atoms with Crippen LogP contribution in [0.4, 0.5) is 4.39 Å². The van der Waals surface area contributed by atoms with Crippen LogP contribution in [0.5, 0.6) is 0 Å². The molecule has 64 valence electrons. The molecule has 0 saturated heterocycles. The number of benzene rings is 1. The Kier molecular flexibility index (Phi) is 1.73. The first-order valence-electron chi connectivity index (χ1n) is 3.86. The average Bonchev–Trinajstić information content (AvgIpc) is 2.75. The van der Waals surface area contributed by atoms with Crippen molar-refractivity contribution in [2.45, 2.75) is 18.4 Å². The number of halogens is 2. The second-order valence-electron chi connectivity index (χ2n) is 3.29. The monoisotopic (exact) mass is 229 g/mol. The zero-order valence-electron chi connectivity index (χ0n) is 6.48. The van der Waals surface area contributed by atoms with Crippen LogP contribution in [0.25, 0.3) is 0 Å². The lowest BCUT2D eigenvalue weighted by atomic mass is 10.1. The van der Waals surface area contributed by atoms with Crippen molar-refractivity contribution in [3.8, 4) is 0 Å². The van der Waals surface area contributed by atoms with Crippen LogP contribution in [-0.2, 0) is 5.54 Å². The van der Waals surface area contributed by atoms with Crippen molar-refractivity contribution in [3.05, 3.63) is 34.1 Å². The van der Waals surface area contributed by atoms with Crippen molar-refractivity contribution in [1.29, 1.82) is 0 Å². The van der Waals surface area contributed by atoms with E-state index in [9.17, 15) is 4.39 Å². The Morgan fingerprint density at radius 1 is 1.42 bits per heavy atom. The van der Waals surface area contributed by atoms with E-state index in [0.717, 1.165) is 18.4 Å². The van der Waals surface area contributed by atoms with Gasteiger partial charge >= 0.3 is 0 Å². The second-order valence-corrected chi connectivity index (χ2v) is 4.14. The number of nitrogens with two attached hydrogens (primary N) is 1. The predicted molar refractivity (Wildman–Crippen MR) is 49.2 cm³/mol. The van der Waals surface area contributed by atoms with Crippen LogP contribution >= 0.6 is 15.9 Å². The van der Waals surface area contributed by atoms with E-state index in [2.05, 4.69) is 15.9 Å². The van der Waals surface area contributed by atoms with Crippen LogP contribution in [0.1, 0.15) is 18.4 Å². The highest BCUT2D eigenvalue weighted by Crippen LogP contribution is 2.43. The van der Waals surface area contributed by atoms with Gasteiger partial charge in [0.1, 0.15) is 5.82 Å². The maximum atomic E-state index is 13.0. The molecule has 0 heterocycles. The minimum Gasteiger partial charge on any atom is -0.321 e. The van der Waals surface area contributed by atoms with E-state index in [0.29, 0.717) is 4.47 Å². The number of hydrogen-bond acceptors (Lipinski definition) is 1. The third kappa shape index (κ3) is 1.27. The average molecular weight is 230 g/mol. The van der Waals surface area contributed by atoms with Gasteiger partial charge in [-0.2, -0.15) is 0 Å². The Hall–Kier alpha value is -0.410. The summed E-state index contributed by atoms with van der Waals surface area (Å²) in [4.78, 5) is 0. The van der Waals surface area contributed by atoms with Gasteiger partial charge in [0.2, 0.25) is 0 Å². The fourth-order valence-electron chi connectivity index (χ4n) is 1.23. The van der Waals surface area contributed by atoms with Crippen molar-refractivity contribution in [2.75, 3.05) is 0 Å². The molecule has 1 aliphatic carbocycles. The highest BCUT2D eigenvalue weighted by Gasteiger charge is 2.40. The quantitative estimate of drug-likeness (QED) is 0.788. The molecule has 0 aromatic heterocycles. The lowest BCUT2D eigenvalue weighted by molar-refractivity contribution is 0.612. The van der Waals surface area contributed by atoms with Gasteiger partial charge in [-0.25, -0.2) is 4.39 Å². The van der Waals surface area contributed by atoms with E-state index >= 15 is 0 Å². The summed E-state index contributed by atoms with van der Waals surface area (Å²) in [6.07, 6.45) is 1.93. The molecule has 0 amide bonds. The zero-order valence-corrected chi connectivity index (χ0v) is 8.07. The summed E-state index contributed by atoms with van der Waals surface area (Å²) in [6.45, 7) is 0. The Bertz CT molecular complexity index is 320. The molecule has 1 aromatic rings. The summed E-state index contributed by atoms with van der Waals surface area (Å²) in [7, 11) is 0. The van der Waals surface area contributed by atoms with Gasteiger partial charge in [-0.3, -0.25) is 0 Å². The van der Waals surface area contributed by atoms with Crippen molar-refractivity contribution in [3.63, 3.8) is 0 Å². The SMILES string of the molecule is NC1(c2ccc(Br)c(F)c2)CC1. The van der Waals surface area contributed by atoms with Crippen LogP contribution in [0.3, 0.4) is 0 Å². The molecule has 0 atom stereocenters. The molecule has 0 unspecified atom stereocenters. The van der Waals surface area contributed by atoms with Crippen LogP contribution in [0.2, 0.25) is 0 Å². The first-order chi connectivity index (χ1) is 5.62. The molecule has 1 saturated carbocycles. The van der Waals surface area contributed by atoms with Crippen LogP contribution in [-0.4, -0.2) is 0 Å². The van der Waals surface area contributed by atoms with Crippen molar-refractivity contribution >= 4 is 15.9 Å². The third-order valence-corrected chi connectivity index (χ3v) is 2.93. The molecule has 2 N–H and O–H groups in total. The fourth-order valence-corrected chi connectivity index (χ4v) is 1.48. The van der Waals surface area contributed by atoms with Crippen LogP contribution in [0, 0.1) is 5.82 Å². The van der Waals surface area contributed by atoms with E-state index in [1.807, 2.05) is 6.07 Å². The van der Waals surface area contributed by atoms with Gasteiger partial charge in [0.25, 0.3) is 0 Å². The number of rotatable bonds is 1. The zero-order chi connectivity index (χ0) is 8.77. The summed E-state index contributed by atoms with van der Waals surface area (Å²) in [5.41, 5.74) is 6.58. The van der Waals surface area contributed by atoms with Gasteiger partial charge in [0.15, 0.2) is 0 Å². The normalized spacial score (nSPS) is 19.2. The van der Waals surface area contributed by atoms with Crippen LogP contribution in [0.15, 0.2) is 22.7 Å². The van der Waals surface area contributed by atoms with E-state index < -0.39 is 0 Å². The second kappa shape index (κ2) is 2.54. The highest BCUT2D eigenvalue weighted by molar-refractivity contribution is 9.10. The summed E-state index contributed by atoms with van der Waals surface area (Å²) in [5, 5.41) is 0. The molecular formula is C9H9BrFN. The molecule has 0 aliphatic heterocycles. The van der Waals surface area contributed by atoms with Crippen LogP contribution < -0.4 is 5.73 Å². The molecule has 1 aromatic carbocycles. The molecular weight excluding hydrogens is 221 g/mol. The lowest BCUT2D eigenvalue weighted by Crippen LogP contribution is -2.18. The molecule has 1 aliphatic rings. The summed E-state index contributed by atoms with van der Waals surface area (Å²) in [6, 6.07) is 5.09. The molecule has 1 fully saturated rings. The van der Waals surface area contributed by atoms with E-state index in [1.165, 1.54) is 6.07 Å². The highest BCUT2D eigenvalue weighted by atomic mass is 79.9. The first kappa shape index (κ1) is 8.20. The Morgan fingerprint density at radius 3 is 2.58 bits per heavy atom. The molecule has 0 bridgehead atoms. The molecule has 12 heavy (non-hydrogen) atoms. The summed E-state index contributed by atoms with van der Waals surface area (Å²) < 4.78 is 13.5. The van der Waals surface area contributed by atoms with Crippen molar-refractivity contribution in [2.24, 2.45) is 5.73 Å². The minimum atomic E-state index is -0.235. The Morgan fingerprint density at radius 2 is 2.08 bits per heavy atom. The van der Waals surface area contributed by atoms with E-state index in [4.69, 9.17) is 5.73 Å². The Labute approximate surface area is 78.9 Å². The van der Waals surface area contributed by atoms with Gasteiger partial charge in [-0.15, -0.1) is 0 Å². The summed E-state index contributed by atoms with van der Waals surface area (Å²) >= 11 is 3.10. The lowest BCUT2D eigenvalue weighted by Gasteiger charge is -2.08. The fraction of sp³-hybridized carbons (Fsp3) is 0.333. The van der Waals surface area contributed by atoms with Gasteiger partial charge in [-0.05, 0) is 46.5 Å². The van der Waals surface area contributed by atoms with E-state index in [-0.39, 0.29) is 11.4 Å². The summed E-state index contributed by atoms with van der Waals surface area (Å²) in [5.74, 6) is -0.232. The van der Waals surface area contributed by atoms with Gasteiger partial charge < -0.3 is 5.73 Å². The Balaban J connectivity index is 2.41. The third-order valence-electron chi connectivity index (χ3n) is 2.28. The van der Waals surface area contributed by atoms with E-state index in [1.54, 1.807) is 6.07 Å². The van der Waals surface area contributed by atoms with Gasteiger partial charge in [0, 0.05) is 5.54 Å². The first-order valence-corrected chi connectivity index (χ1v) is 4.65. The number of hydrogen-bond donors (Lipinski definition) is 1. The van der Waals surface area contributed by atoms with Gasteiger partial charge in [-0.1, -0.05) is 6.07 Å². The molecule has 0 spiro atoms. The standard InChI is InChI=1S/C9H9BrFN/c10-7-2-1-6(5-8(7)11)9(12)3-4-9/h1-2,5H,3-4,12H2. The minimum absolute atomic E-state index is 0.232. The van der Waals surface area contributed by atoms with Gasteiger partial charge in [0.05, 0.1) is 4.47 Å². The smallest absolute Gasteiger partial charge is 0.137 e. The largest absolute Gasteiger partial charge is 0.321 e.